The van der Waals surface area contributed by atoms with E-state index in [4.69, 9.17) is 4.98 Å². The van der Waals surface area contributed by atoms with Crippen LogP contribution in [0, 0.1) is 6.92 Å². The third kappa shape index (κ3) is 4.26. The van der Waals surface area contributed by atoms with Gasteiger partial charge in [-0.25, -0.2) is 15.0 Å². The van der Waals surface area contributed by atoms with E-state index in [1.165, 1.54) is 11.5 Å². The first-order valence-electron chi connectivity index (χ1n) is 12.3. The Kier molecular flexibility index (Phi) is 6.03. The topological polar surface area (TPSA) is 138 Å². The van der Waals surface area contributed by atoms with E-state index in [2.05, 4.69) is 19.7 Å². The molecule has 1 atom stereocenters. The van der Waals surface area contributed by atoms with Gasteiger partial charge < -0.3 is 4.90 Å². The lowest BCUT2D eigenvalue weighted by Gasteiger charge is -2.30. The molecule has 3 aliphatic heterocycles. The number of piperidine rings is 1. The van der Waals surface area contributed by atoms with Crippen molar-refractivity contribution in [2.24, 2.45) is 0 Å². The lowest BCUT2D eigenvalue weighted by molar-refractivity contribution is -0.150. The number of hydrogen-bond acceptors (Lipinski definition) is 10. The molecule has 0 bridgehead atoms. The molecule has 12 heteroatoms. The highest BCUT2D eigenvalue weighted by atomic mass is 32.1. The molecule has 3 aliphatic rings. The largest absolute Gasteiger partial charge is 0.360 e. The number of carbonyl (C=O) groups is 4. The van der Waals surface area contributed by atoms with Crippen LogP contribution in [0.3, 0.4) is 0 Å². The molecule has 11 nitrogen and oxygen atoms in total. The summed E-state index contributed by atoms with van der Waals surface area (Å²) in [6, 6.07) is 6.85. The third-order valence-corrected chi connectivity index (χ3v) is 7.60. The highest BCUT2D eigenvalue weighted by molar-refractivity contribution is 7.05. The van der Waals surface area contributed by atoms with Gasteiger partial charge >= 0.3 is 0 Å². The molecule has 0 saturated carbocycles. The van der Waals surface area contributed by atoms with Gasteiger partial charge in [-0.05, 0) is 49.3 Å². The van der Waals surface area contributed by atoms with E-state index in [-0.39, 0.29) is 12.8 Å². The Labute approximate surface area is 221 Å². The highest BCUT2D eigenvalue weighted by Crippen LogP contribution is 2.35. The fourth-order valence-corrected chi connectivity index (χ4v) is 5.72. The Hall–Kier alpha value is -4.32. The Morgan fingerprint density at radius 1 is 1.03 bits per heavy atom. The molecule has 1 unspecified atom stereocenters. The predicted molar refractivity (Wildman–Crippen MR) is 136 cm³/mol. The van der Waals surface area contributed by atoms with E-state index in [1.807, 2.05) is 36.1 Å². The summed E-state index contributed by atoms with van der Waals surface area (Å²) in [5.41, 5.74) is 3.44. The standard InChI is InChI=1S/C26H23N7O4S/c1-14-27-11-17(12-28-14)15-4-2-5-16(10-15)23-30-21(38-31-23)13-32-9-3-6-18-22(32)26(37)33(25(18)36)19-7-8-20(34)29-24(19)35/h2,4-5,10-12,19H,3,6-9,13H2,1H3,(H,29,34,35). The van der Waals surface area contributed by atoms with E-state index in [9.17, 15) is 19.2 Å². The van der Waals surface area contributed by atoms with Gasteiger partial charge in [0.1, 0.15) is 22.6 Å². The van der Waals surface area contributed by atoms with Gasteiger partial charge in [0, 0.05) is 42.1 Å². The number of imide groups is 2. The van der Waals surface area contributed by atoms with Crippen LogP contribution in [0.1, 0.15) is 36.5 Å². The first-order valence-corrected chi connectivity index (χ1v) is 13.1. The summed E-state index contributed by atoms with van der Waals surface area (Å²) in [4.78, 5) is 66.6. The molecule has 0 spiro atoms. The third-order valence-electron chi connectivity index (χ3n) is 6.91. The maximum absolute atomic E-state index is 13.4. The van der Waals surface area contributed by atoms with E-state index in [1.54, 1.807) is 12.4 Å². The van der Waals surface area contributed by atoms with Crippen molar-refractivity contribution < 1.29 is 19.2 Å². The number of nitrogens with one attached hydrogen (secondary N) is 1. The van der Waals surface area contributed by atoms with Crippen molar-refractivity contribution in [1.29, 1.82) is 0 Å². The first-order chi connectivity index (χ1) is 18.4. The summed E-state index contributed by atoms with van der Waals surface area (Å²) in [6.45, 7) is 2.74. The van der Waals surface area contributed by atoms with Crippen LogP contribution >= 0.6 is 11.5 Å². The number of aromatic nitrogens is 4. The summed E-state index contributed by atoms with van der Waals surface area (Å²) in [6.07, 6.45) is 4.95. The molecule has 38 heavy (non-hydrogen) atoms. The SMILES string of the molecule is Cc1ncc(-c2cccc(-c3nsc(CN4CCCC5=C4C(=O)N(C4CCC(=O)NC4=O)C5=O)n3)c2)cn1. The van der Waals surface area contributed by atoms with Crippen LogP contribution in [-0.4, -0.2) is 65.3 Å². The van der Waals surface area contributed by atoms with E-state index >= 15 is 0 Å². The van der Waals surface area contributed by atoms with Crippen LogP contribution in [0.25, 0.3) is 22.5 Å². The highest BCUT2D eigenvalue weighted by Gasteiger charge is 2.48. The van der Waals surface area contributed by atoms with Crippen LogP contribution in [-0.2, 0) is 25.7 Å². The van der Waals surface area contributed by atoms with Gasteiger partial charge in [-0.1, -0.05) is 18.2 Å². The average molecular weight is 530 g/mol. The molecule has 1 aromatic carbocycles. The predicted octanol–water partition coefficient (Wildman–Crippen LogP) is 1.99. The minimum atomic E-state index is -0.973. The molecule has 0 aliphatic carbocycles. The smallest absolute Gasteiger partial charge is 0.278 e. The van der Waals surface area contributed by atoms with Gasteiger partial charge in [0.2, 0.25) is 11.8 Å². The van der Waals surface area contributed by atoms with Gasteiger partial charge in [0.25, 0.3) is 11.8 Å². The number of aryl methyl sites for hydroxylation is 1. The summed E-state index contributed by atoms with van der Waals surface area (Å²) in [7, 11) is 0. The van der Waals surface area contributed by atoms with Crippen molar-refractivity contribution in [3.8, 4) is 22.5 Å². The molecule has 192 valence electrons. The zero-order valence-electron chi connectivity index (χ0n) is 20.5. The molecule has 2 aromatic heterocycles. The Balaban J connectivity index is 1.22. The van der Waals surface area contributed by atoms with Crippen LogP contribution in [0.5, 0.6) is 0 Å². The second-order valence-electron chi connectivity index (χ2n) is 9.41. The van der Waals surface area contributed by atoms with Crippen LogP contribution < -0.4 is 5.32 Å². The van der Waals surface area contributed by atoms with Crippen molar-refractivity contribution in [3.63, 3.8) is 0 Å². The molecule has 3 aromatic rings. The summed E-state index contributed by atoms with van der Waals surface area (Å²) in [5.74, 6) is -0.660. The van der Waals surface area contributed by atoms with Gasteiger partial charge in [0.05, 0.1) is 6.54 Å². The molecule has 1 fully saturated rings. The first kappa shape index (κ1) is 24.0. The quantitative estimate of drug-likeness (QED) is 0.492. The molecule has 1 N–H and O–H groups in total. The van der Waals surface area contributed by atoms with E-state index in [0.717, 1.165) is 21.6 Å². The summed E-state index contributed by atoms with van der Waals surface area (Å²) < 4.78 is 4.54. The van der Waals surface area contributed by atoms with Gasteiger partial charge in [0.15, 0.2) is 5.82 Å². The van der Waals surface area contributed by atoms with Gasteiger partial charge in [-0.2, -0.15) is 4.37 Å². The normalized spacial score (nSPS) is 19.8. The number of benzene rings is 1. The van der Waals surface area contributed by atoms with Crippen molar-refractivity contribution in [1.82, 2.24) is 34.4 Å². The molecular weight excluding hydrogens is 506 g/mol. The number of carbonyl (C=O) groups excluding carboxylic acids is 4. The Bertz CT molecular complexity index is 1510. The molecule has 1 saturated heterocycles. The molecule has 5 heterocycles. The monoisotopic (exact) mass is 529 g/mol. The fraction of sp³-hybridized carbons (Fsp3) is 0.308. The minimum Gasteiger partial charge on any atom is -0.360 e. The zero-order valence-corrected chi connectivity index (χ0v) is 21.3. The lowest BCUT2D eigenvalue weighted by atomic mass is 10.0. The zero-order chi connectivity index (χ0) is 26.4. The van der Waals surface area contributed by atoms with Crippen molar-refractivity contribution in [3.05, 3.63) is 58.8 Å². The lowest BCUT2D eigenvalue weighted by Crippen LogP contribution is -2.55. The molecule has 4 amide bonds. The minimum absolute atomic E-state index is 0.0908. The van der Waals surface area contributed by atoms with Crippen molar-refractivity contribution in [2.45, 2.75) is 45.2 Å². The van der Waals surface area contributed by atoms with E-state index in [0.29, 0.717) is 53.9 Å². The summed E-state index contributed by atoms with van der Waals surface area (Å²) in [5, 5.41) is 2.94. The van der Waals surface area contributed by atoms with Crippen LogP contribution in [0.4, 0.5) is 0 Å². The second kappa shape index (κ2) is 9.53. The fourth-order valence-electron chi connectivity index (χ4n) is 5.04. The maximum Gasteiger partial charge on any atom is 0.278 e. The van der Waals surface area contributed by atoms with Gasteiger partial charge in [-0.3, -0.25) is 29.4 Å². The number of hydrogen-bond donors (Lipinski definition) is 1. The van der Waals surface area contributed by atoms with Crippen LogP contribution in [0.15, 0.2) is 47.9 Å². The van der Waals surface area contributed by atoms with Crippen molar-refractivity contribution >= 4 is 35.2 Å². The molecule has 6 rings (SSSR count). The maximum atomic E-state index is 13.4. The van der Waals surface area contributed by atoms with Crippen LogP contribution in [0.2, 0.25) is 0 Å². The number of rotatable bonds is 5. The van der Waals surface area contributed by atoms with Crippen molar-refractivity contribution in [2.75, 3.05) is 6.54 Å². The van der Waals surface area contributed by atoms with Gasteiger partial charge in [-0.15, -0.1) is 0 Å². The molecule has 0 radical (unpaired) electrons. The molecular formula is C26H23N7O4S. The Morgan fingerprint density at radius 2 is 1.82 bits per heavy atom. The van der Waals surface area contributed by atoms with E-state index < -0.39 is 29.7 Å². The second-order valence-corrected chi connectivity index (χ2v) is 10.2. The number of amides is 4. The summed E-state index contributed by atoms with van der Waals surface area (Å²) >= 11 is 1.25. The number of nitrogens with zero attached hydrogens (tertiary/aromatic N) is 6. The average Bonchev–Trinajstić information content (AvgIpc) is 3.48. The Morgan fingerprint density at radius 3 is 2.61 bits per heavy atom.